The van der Waals surface area contributed by atoms with Crippen LogP contribution in [0.4, 0.5) is 35.1 Å². The van der Waals surface area contributed by atoms with Gasteiger partial charge in [-0.05, 0) is 19.3 Å². The van der Waals surface area contributed by atoms with E-state index in [4.69, 9.17) is 9.84 Å². The molecule has 0 saturated carbocycles. The van der Waals surface area contributed by atoms with E-state index < -0.39 is 56.0 Å². The number of hydrogen-bond acceptors (Lipinski definition) is 2. The van der Waals surface area contributed by atoms with Gasteiger partial charge in [0.15, 0.2) is 0 Å². The summed E-state index contributed by atoms with van der Waals surface area (Å²) >= 11 is 0. The largest absolute Gasteiger partial charge is 0.396 e. The molecule has 0 bridgehead atoms. The van der Waals surface area contributed by atoms with Gasteiger partial charge in [0.1, 0.15) is 0 Å². The monoisotopic (exact) mass is 388 g/mol. The molecule has 10 heteroatoms. The maximum absolute atomic E-state index is 13.5. The Hall–Kier alpha value is -0.640. The summed E-state index contributed by atoms with van der Waals surface area (Å²) in [6.45, 7) is 0.815. The maximum atomic E-state index is 13.5. The van der Waals surface area contributed by atoms with Gasteiger partial charge in [0.2, 0.25) is 0 Å². The topological polar surface area (TPSA) is 29.5 Å². The number of hydrogen-bond donors (Lipinski definition) is 1. The normalized spacial score (nSPS) is 14.2. The van der Waals surface area contributed by atoms with Crippen LogP contribution >= 0.6 is 0 Å². The molecule has 0 aromatic heterocycles. The number of unbranched alkanes of at least 4 members (excludes halogenated alkanes) is 2. The van der Waals surface area contributed by atoms with Gasteiger partial charge in [-0.25, -0.2) is 0 Å². The quantitative estimate of drug-likeness (QED) is 0.324. The lowest BCUT2D eigenvalue weighted by molar-refractivity contribution is -0.368. The Morgan fingerprint density at radius 3 is 1.56 bits per heavy atom. The molecule has 0 amide bonds. The molecule has 0 saturated heterocycles. The average molecular weight is 388 g/mol. The van der Waals surface area contributed by atoms with Crippen molar-refractivity contribution in [3.63, 3.8) is 0 Å². The predicted octanol–water partition coefficient (Wildman–Crippen LogP) is 5.29. The van der Waals surface area contributed by atoms with Crippen LogP contribution in [0.2, 0.25) is 0 Å². The fraction of sp³-hybridized carbons (Fsp3) is 1.00. The Labute approximate surface area is 141 Å². The van der Waals surface area contributed by atoms with Crippen molar-refractivity contribution in [2.75, 3.05) is 19.8 Å². The zero-order valence-electron chi connectivity index (χ0n) is 14.0. The lowest BCUT2D eigenvalue weighted by Crippen LogP contribution is -2.62. The van der Waals surface area contributed by atoms with Gasteiger partial charge in [-0.2, -0.15) is 35.1 Å². The number of ether oxygens (including phenoxy) is 1. The van der Waals surface area contributed by atoms with E-state index in [1.807, 2.05) is 6.92 Å². The van der Waals surface area contributed by atoms with Crippen molar-refractivity contribution in [1.82, 2.24) is 0 Å². The summed E-state index contributed by atoms with van der Waals surface area (Å²) in [6.07, 6.45) is -2.79. The summed E-state index contributed by atoms with van der Waals surface area (Å²) < 4.78 is 112. The lowest BCUT2D eigenvalue weighted by atomic mass is 9.93. The lowest BCUT2D eigenvalue weighted by Gasteiger charge is -2.37. The zero-order valence-corrected chi connectivity index (χ0v) is 14.0. The first-order valence-electron chi connectivity index (χ1n) is 8.07. The van der Waals surface area contributed by atoms with Gasteiger partial charge in [-0.15, -0.1) is 0 Å². The summed E-state index contributed by atoms with van der Waals surface area (Å²) in [5.74, 6) is -23.2. The van der Waals surface area contributed by atoms with Gasteiger partial charge in [0.05, 0.1) is 0 Å². The number of aliphatic hydroxyl groups excluding tert-OH is 1. The molecule has 0 heterocycles. The predicted molar refractivity (Wildman–Crippen MR) is 75.7 cm³/mol. The molecule has 0 rings (SSSR count). The first-order valence-corrected chi connectivity index (χ1v) is 8.07. The van der Waals surface area contributed by atoms with Crippen LogP contribution in [-0.2, 0) is 4.74 Å². The molecule has 0 radical (unpaired) electrons. The maximum Gasteiger partial charge on any atom is 0.378 e. The zero-order chi connectivity index (χ0) is 19.8. The second kappa shape index (κ2) is 9.89. The van der Waals surface area contributed by atoms with Crippen molar-refractivity contribution >= 4 is 0 Å². The molecule has 25 heavy (non-hydrogen) atoms. The highest BCUT2D eigenvalue weighted by Gasteiger charge is 2.79. The average Bonchev–Trinajstić information content (AvgIpc) is 2.51. The van der Waals surface area contributed by atoms with Crippen molar-refractivity contribution in [2.24, 2.45) is 0 Å². The fourth-order valence-electron chi connectivity index (χ4n) is 2.03. The Bertz CT molecular complexity index is 375. The molecule has 0 aromatic rings. The van der Waals surface area contributed by atoms with Gasteiger partial charge in [0, 0.05) is 32.7 Å². The Balaban J connectivity index is 4.78. The Kier molecular flexibility index (Phi) is 9.64. The molecular formula is C15H24F8O2. The standard InChI is InChI=1S/C15H24F8O2/c1-2-3-4-10-25-11-6-8-13(18,19)15(22,23)14(20,21)12(16,17)7-5-9-24/h24H,2-11H2,1H3. The third-order valence-corrected chi connectivity index (χ3v) is 3.63. The SMILES string of the molecule is CCCCCOCCCC(F)(F)C(F)(F)C(F)(F)C(F)(F)CCCO. The molecule has 1 N–H and O–H groups in total. The number of alkyl halides is 8. The minimum atomic E-state index is -6.25. The first kappa shape index (κ1) is 24.4. The third kappa shape index (κ3) is 6.23. The Morgan fingerprint density at radius 2 is 1.12 bits per heavy atom. The molecule has 2 nitrogen and oxygen atoms in total. The number of aliphatic hydroxyl groups is 1. The molecule has 0 atom stereocenters. The van der Waals surface area contributed by atoms with E-state index in [2.05, 4.69) is 0 Å². The highest BCUT2D eigenvalue weighted by Crippen LogP contribution is 2.54. The molecule has 152 valence electrons. The first-order chi connectivity index (χ1) is 11.4. The van der Waals surface area contributed by atoms with Crippen LogP contribution in [0.5, 0.6) is 0 Å². The van der Waals surface area contributed by atoms with Gasteiger partial charge in [-0.3, -0.25) is 0 Å². The van der Waals surface area contributed by atoms with Crippen molar-refractivity contribution in [1.29, 1.82) is 0 Å². The van der Waals surface area contributed by atoms with Gasteiger partial charge < -0.3 is 9.84 Å². The molecule has 0 aliphatic carbocycles. The van der Waals surface area contributed by atoms with Gasteiger partial charge in [-0.1, -0.05) is 19.8 Å². The van der Waals surface area contributed by atoms with Crippen molar-refractivity contribution in [3.05, 3.63) is 0 Å². The van der Waals surface area contributed by atoms with E-state index in [0.29, 0.717) is 6.42 Å². The van der Waals surface area contributed by atoms with Crippen LogP contribution in [0.15, 0.2) is 0 Å². The van der Waals surface area contributed by atoms with Crippen molar-refractivity contribution in [2.45, 2.75) is 75.6 Å². The molecule has 0 aliphatic rings. The third-order valence-electron chi connectivity index (χ3n) is 3.63. The minimum Gasteiger partial charge on any atom is -0.396 e. The summed E-state index contributed by atoms with van der Waals surface area (Å²) in [4.78, 5) is 0. The molecule has 0 aliphatic heterocycles. The van der Waals surface area contributed by atoms with Crippen LogP contribution in [-0.4, -0.2) is 48.6 Å². The number of rotatable bonds is 14. The van der Waals surface area contributed by atoms with E-state index in [9.17, 15) is 35.1 Å². The molecule has 0 unspecified atom stereocenters. The molecule has 0 fully saturated rings. The summed E-state index contributed by atoms with van der Waals surface area (Å²) in [5.41, 5.74) is 0. The molecule has 0 aromatic carbocycles. The minimum absolute atomic E-state index is 0.213. The van der Waals surface area contributed by atoms with E-state index in [0.717, 1.165) is 12.8 Å². The van der Waals surface area contributed by atoms with Crippen LogP contribution < -0.4 is 0 Å². The highest BCUT2D eigenvalue weighted by atomic mass is 19.4. The summed E-state index contributed by atoms with van der Waals surface area (Å²) in [6, 6.07) is 0. The summed E-state index contributed by atoms with van der Waals surface area (Å²) in [5, 5.41) is 8.35. The van der Waals surface area contributed by atoms with Crippen LogP contribution in [0.3, 0.4) is 0 Å². The second-order valence-corrected chi connectivity index (χ2v) is 5.81. The van der Waals surface area contributed by atoms with Crippen molar-refractivity contribution < 1.29 is 45.0 Å². The summed E-state index contributed by atoms with van der Waals surface area (Å²) in [7, 11) is 0. The highest BCUT2D eigenvalue weighted by molar-refractivity contribution is 5.03. The van der Waals surface area contributed by atoms with Crippen LogP contribution in [0.1, 0.15) is 51.9 Å². The van der Waals surface area contributed by atoms with E-state index in [-0.39, 0.29) is 13.2 Å². The van der Waals surface area contributed by atoms with Crippen LogP contribution in [0, 0.1) is 0 Å². The van der Waals surface area contributed by atoms with E-state index >= 15 is 0 Å². The van der Waals surface area contributed by atoms with Crippen LogP contribution in [0.25, 0.3) is 0 Å². The van der Waals surface area contributed by atoms with Gasteiger partial charge in [0.25, 0.3) is 0 Å². The van der Waals surface area contributed by atoms with E-state index in [1.54, 1.807) is 0 Å². The fourth-order valence-corrected chi connectivity index (χ4v) is 2.03. The van der Waals surface area contributed by atoms with Gasteiger partial charge >= 0.3 is 23.7 Å². The second-order valence-electron chi connectivity index (χ2n) is 5.81. The molecule has 0 spiro atoms. The molecular weight excluding hydrogens is 364 g/mol. The van der Waals surface area contributed by atoms with Crippen molar-refractivity contribution in [3.8, 4) is 0 Å². The Morgan fingerprint density at radius 1 is 0.680 bits per heavy atom. The van der Waals surface area contributed by atoms with E-state index in [1.165, 1.54) is 0 Å². The smallest absolute Gasteiger partial charge is 0.378 e. The number of halogens is 8.